The number of carbonyl (C=O) groups is 2. The van der Waals surface area contributed by atoms with Crippen molar-refractivity contribution in [3.8, 4) is 0 Å². The van der Waals surface area contributed by atoms with E-state index in [1.54, 1.807) is 0 Å². The van der Waals surface area contributed by atoms with Crippen LogP contribution in [0.4, 0.5) is 0 Å². The summed E-state index contributed by atoms with van der Waals surface area (Å²) in [6, 6.07) is 0. The van der Waals surface area contributed by atoms with Crippen molar-refractivity contribution in [3.05, 3.63) is 0 Å². The number of rotatable bonds is 2. The molecular weight excluding hydrogens is 292 g/mol. The second-order valence-corrected chi connectivity index (χ2v) is 9.31. The van der Waals surface area contributed by atoms with Crippen molar-refractivity contribution in [1.82, 2.24) is 0 Å². The van der Waals surface area contributed by atoms with Crippen LogP contribution < -0.4 is 0 Å². The Bertz CT molecular complexity index is 502. The van der Waals surface area contributed by atoms with E-state index in [1.807, 2.05) is 20.8 Å². The lowest BCUT2D eigenvalue weighted by atomic mass is 9.47. The molecule has 1 aliphatic heterocycles. The van der Waals surface area contributed by atoms with E-state index in [0.717, 1.165) is 37.5 Å². The number of ether oxygens (including phenoxy) is 2. The molecule has 4 nitrogen and oxygen atoms in total. The van der Waals surface area contributed by atoms with Gasteiger partial charge >= 0.3 is 11.9 Å². The molecule has 1 heterocycles. The topological polar surface area (TPSA) is 52.6 Å². The maximum Gasteiger partial charge on any atom is 0.313 e. The maximum atomic E-state index is 12.8. The van der Waals surface area contributed by atoms with Gasteiger partial charge in [0.15, 0.2) is 0 Å². The second-order valence-electron chi connectivity index (χ2n) is 9.31. The van der Waals surface area contributed by atoms with Gasteiger partial charge in [-0.15, -0.1) is 0 Å². The van der Waals surface area contributed by atoms with Crippen LogP contribution in [0.15, 0.2) is 0 Å². The Morgan fingerprint density at radius 2 is 1.65 bits per heavy atom. The van der Waals surface area contributed by atoms with Gasteiger partial charge in [0.1, 0.15) is 11.5 Å². The first-order valence-corrected chi connectivity index (χ1v) is 9.20. The lowest BCUT2D eigenvalue weighted by molar-refractivity contribution is -0.233. The number of hydrogen-bond acceptors (Lipinski definition) is 4. The van der Waals surface area contributed by atoms with Gasteiger partial charge in [0.05, 0.1) is 12.0 Å². The molecule has 0 aromatic rings. The third-order valence-corrected chi connectivity index (χ3v) is 6.78. The van der Waals surface area contributed by atoms with E-state index < -0.39 is 11.0 Å². The summed E-state index contributed by atoms with van der Waals surface area (Å²) < 4.78 is 11.6. The van der Waals surface area contributed by atoms with E-state index in [1.165, 1.54) is 6.42 Å². The SMILES string of the molecule is CC(C)(C)C(=O)OC1(C2CCOC2=O)C2CC3CC(C2)CC1C3. The molecule has 0 aromatic carbocycles. The zero-order chi connectivity index (χ0) is 16.4. The highest BCUT2D eigenvalue weighted by Crippen LogP contribution is 2.63. The van der Waals surface area contributed by atoms with Crippen LogP contribution in [0.1, 0.15) is 59.3 Å². The van der Waals surface area contributed by atoms with Crippen LogP contribution >= 0.6 is 0 Å². The molecule has 4 bridgehead atoms. The Morgan fingerprint density at radius 3 is 2.09 bits per heavy atom. The van der Waals surface area contributed by atoms with Crippen molar-refractivity contribution in [1.29, 1.82) is 0 Å². The monoisotopic (exact) mass is 320 g/mol. The highest BCUT2D eigenvalue weighted by Gasteiger charge is 2.65. The highest BCUT2D eigenvalue weighted by molar-refractivity contribution is 5.79. The van der Waals surface area contributed by atoms with Crippen molar-refractivity contribution >= 4 is 11.9 Å². The lowest BCUT2D eigenvalue weighted by Gasteiger charge is -2.61. The Balaban J connectivity index is 1.72. The summed E-state index contributed by atoms with van der Waals surface area (Å²) in [4.78, 5) is 25.2. The molecule has 23 heavy (non-hydrogen) atoms. The molecule has 5 aliphatic rings. The number of cyclic esters (lactones) is 1. The second kappa shape index (κ2) is 4.97. The number of carbonyl (C=O) groups excluding carboxylic acids is 2. The van der Waals surface area contributed by atoms with Gasteiger partial charge in [-0.05, 0) is 71.1 Å². The molecule has 1 saturated heterocycles. The van der Waals surface area contributed by atoms with Crippen molar-refractivity contribution < 1.29 is 19.1 Å². The Labute approximate surface area is 138 Å². The average Bonchev–Trinajstić information content (AvgIpc) is 2.87. The Hall–Kier alpha value is -1.06. The van der Waals surface area contributed by atoms with Crippen LogP contribution in [0, 0.1) is 35.0 Å². The lowest BCUT2D eigenvalue weighted by Crippen LogP contribution is -2.64. The summed E-state index contributed by atoms with van der Waals surface area (Å²) in [6.07, 6.45) is 6.52. The van der Waals surface area contributed by atoms with Crippen LogP contribution in [0.2, 0.25) is 0 Å². The third-order valence-electron chi connectivity index (χ3n) is 6.78. The molecule has 5 fully saturated rings. The predicted octanol–water partition coefficient (Wildman–Crippen LogP) is 3.33. The standard InChI is InChI=1S/C19H28O4/c1-18(2,3)17(21)23-19(15-4-5-22-16(15)20)13-7-11-6-12(9-13)10-14(19)8-11/h11-15H,4-10H2,1-3H3. The van der Waals surface area contributed by atoms with Gasteiger partial charge in [0, 0.05) is 11.8 Å². The summed E-state index contributed by atoms with van der Waals surface area (Å²) in [5.41, 5.74) is -1.13. The molecular formula is C19H28O4. The first-order valence-electron chi connectivity index (χ1n) is 9.20. The van der Waals surface area contributed by atoms with E-state index in [4.69, 9.17) is 9.47 Å². The molecule has 128 valence electrons. The fourth-order valence-corrected chi connectivity index (χ4v) is 5.95. The molecule has 4 aliphatic carbocycles. The average molecular weight is 320 g/mol. The van der Waals surface area contributed by atoms with Crippen molar-refractivity contribution in [2.45, 2.75) is 64.9 Å². The molecule has 1 unspecified atom stereocenters. The minimum absolute atomic E-state index is 0.140. The van der Waals surface area contributed by atoms with Crippen molar-refractivity contribution in [2.75, 3.05) is 6.61 Å². The quantitative estimate of drug-likeness (QED) is 0.732. The van der Waals surface area contributed by atoms with Crippen LogP contribution in [0.5, 0.6) is 0 Å². The van der Waals surface area contributed by atoms with Crippen LogP contribution in [-0.4, -0.2) is 24.1 Å². The van der Waals surface area contributed by atoms with E-state index in [0.29, 0.717) is 24.9 Å². The fraction of sp³-hybridized carbons (Fsp3) is 0.895. The summed E-state index contributed by atoms with van der Waals surface area (Å²) in [5, 5.41) is 0. The van der Waals surface area contributed by atoms with Gasteiger partial charge in [-0.3, -0.25) is 9.59 Å². The molecule has 0 N–H and O–H groups in total. The predicted molar refractivity (Wildman–Crippen MR) is 84.4 cm³/mol. The maximum absolute atomic E-state index is 12.8. The van der Waals surface area contributed by atoms with Gasteiger partial charge in [0.2, 0.25) is 0 Å². The van der Waals surface area contributed by atoms with Crippen LogP contribution in [0.3, 0.4) is 0 Å². The fourth-order valence-electron chi connectivity index (χ4n) is 5.95. The summed E-state index contributed by atoms with van der Waals surface area (Å²) in [5.74, 6) is 1.70. The molecule has 4 saturated carbocycles. The molecule has 0 spiro atoms. The highest BCUT2D eigenvalue weighted by atomic mass is 16.6. The minimum atomic E-state index is -0.592. The van der Waals surface area contributed by atoms with Gasteiger partial charge < -0.3 is 9.47 Å². The Morgan fingerprint density at radius 1 is 1.09 bits per heavy atom. The van der Waals surface area contributed by atoms with Gasteiger partial charge in [0.25, 0.3) is 0 Å². The largest absolute Gasteiger partial charge is 0.465 e. The number of hydrogen-bond donors (Lipinski definition) is 0. The summed E-state index contributed by atoms with van der Waals surface area (Å²) >= 11 is 0. The molecule has 0 aromatic heterocycles. The van der Waals surface area contributed by atoms with Crippen LogP contribution in [0.25, 0.3) is 0 Å². The van der Waals surface area contributed by atoms with Crippen LogP contribution in [-0.2, 0) is 19.1 Å². The van der Waals surface area contributed by atoms with E-state index in [2.05, 4.69) is 0 Å². The molecule has 0 amide bonds. The van der Waals surface area contributed by atoms with Crippen molar-refractivity contribution in [2.24, 2.45) is 35.0 Å². The van der Waals surface area contributed by atoms with Gasteiger partial charge in [-0.1, -0.05) is 0 Å². The van der Waals surface area contributed by atoms with E-state index >= 15 is 0 Å². The first kappa shape index (κ1) is 15.5. The normalized spacial score (nSPS) is 45.2. The smallest absolute Gasteiger partial charge is 0.313 e. The molecule has 0 radical (unpaired) electrons. The third kappa shape index (κ3) is 2.24. The zero-order valence-electron chi connectivity index (χ0n) is 14.5. The van der Waals surface area contributed by atoms with E-state index in [9.17, 15) is 9.59 Å². The zero-order valence-corrected chi connectivity index (χ0v) is 14.5. The van der Waals surface area contributed by atoms with Crippen molar-refractivity contribution in [3.63, 3.8) is 0 Å². The van der Waals surface area contributed by atoms with E-state index in [-0.39, 0.29) is 17.9 Å². The number of esters is 2. The van der Waals surface area contributed by atoms with Gasteiger partial charge in [-0.25, -0.2) is 0 Å². The summed E-state index contributed by atoms with van der Waals surface area (Å²) in [7, 11) is 0. The van der Waals surface area contributed by atoms with Gasteiger partial charge in [-0.2, -0.15) is 0 Å². The molecule has 5 rings (SSSR count). The Kier molecular flexibility index (Phi) is 3.34. The minimum Gasteiger partial charge on any atom is -0.465 e. The first-order chi connectivity index (χ1) is 10.8. The molecule has 1 atom stereocenters. The summed E-state index contributed by atoms with van der Waals surface area (Å²) in [6.45, 7) is 6.16. The molecule has 4 heteroatoms.